The number of amides is 1. The number of halogens is 1. The quantitative estimate of drug-likeness (QED) is 0.874. The maximum absolute atomic E-state index is 11.5. The van der Waals surface area contributed by atoms with Gasteiger partial charge in [0.05, 0.1) is 24.4 Å². The van der Waals surface area contributed by atoms with Crippen molar-refractivity contribution in [2.24, 2.45) is 0 Å². The zero-order valence-corrected chi connectivity index (χ0v) is 11.4. The van der Waals surface area contributed by atoms with Crippen molar-refractivity contribution in [1.82, 2.24) is 15.1 Å². The first-order valence-electron chi connectivity index (χ1n) is 6.12. The van der Waals surface area contributed by atoms with E-state index < -0.39 is 6.10 Å². The fraction of sp³-hybridized carbons (Fsp3) is 0.385. The first-order valence-corrected chi connectivity index (χ1v) is 6.50. The van der Waals surface area contributed by atoms with Crippen LogP contribution in [-0.4, -0.2) is 33.4 Å². The monoisotopic (exact) mass is 281 g/mol. The summed E-state index contributed by atoms with van der Waals surface area (Å²) in [6.45, 7) is 2.40. The number of benzene rings is 1. The molecule has 102 valence electrons. The highest BCUT2D eigenvalue weighted by molar-refractivity contribution is 6.31. The predicted molar refractivity (Wildman–Crippen MR) is 74.1 cm³/mol. The van der Waals surface area contributed by atoms with Crippen LogP contribution in [0.3, 0.4) is 0 Å². The number of aliphatic hydroxyl groups is 1. The third-order valence-electron chi connectivity index (χ3n) is 2.75. The Bertz CT molecular complexity index is 580. The Morgan fingerprint density at radius 2 is 2.37 bits per heavy atom. The molecule has 0 spiro atoms. The lowest BCUT2D eigenvalue weighted by atomic mass is 10.2. The van der Waals surface area contributed by atoms with Gasteiger partial charge in [0, 0.05) is 23.4 Å². The molecular formula is C13H16ClN3O2. The molecule has 1 aromatic carbocycles. The molecule has 2 rings (SSSR count). The average Bonchev–Trinajstić information content (AvgIpc) is 2.76. The minimum Gasteiger partial charge on any atom is -0.392 e. The van der Waals surface area contributed by atoms with E-state index in [2.05, 4.69) is 10.4 Å². The first kappa shape index (κ1) is 13.8. The van der Waals surface area contributed by atoms with Crippen LogP contribution in [0.2, 0.25) is 5.02 Å². The number of hydrogen-bond acceptors (Lipinski definition) is 3. The molecule has 0 aliphatic heterocycles. The number of aliphatic hydroxyl groups excluding tert-OH is 1. The zero-order chi connectivity index (χ0) is 13.8. The highest BCUT2D eigenvalue weighted by Gasteiger charge is 2.07. The number of aryl methyl sites for hydroxylation is 1. The van der Waals surface area contributed by atoms with Gasteiger partial charge in [0.2, 0.25) is 5.91 Å². The molecule has 1 amide bonds. The van der Waals surface area contributed by atoms with Gasteiger partial charge in [0.15, 0.2) is 0 Å². The lowest BCUT2D eigenvalue weighted by Gasteiger charge is -2.07. The van der Waals surface area contributed by atoms with Crippen LogP contribution in [0.5, 0.6) is 0 Å². The summed E-state index contributed by atoms with van der Waals surface area (Å²) in [5, 5.41) is 17.6. The minimum absolute atomic E-state index is 0.0986. The summed E-state index contributed by atoms with van der Waals surface area (Å²) in [6, 6.07) is 5.53. The van der Waals surface area contributed by atoms with Gasteiger partial charge in [0.1, 0.15) is 0 Å². The van der Waals surface area contributed by atoms with E-state index in [0.29, 0.717) is 18.0 Å². The summed E-state index contributed by atoms with van der Waals surface area (Å²) in [4.78, 5) is 11.5. The lowest BCUT2D eigenvalue weighted by molar-refractivity contribution is -0.121. The highest BCUT2D eigenvalue weighted by atomic mass is 35.5. The summed E-state index contributed by atoms with van der Waals surface area (Å²) in [5.41, 5.74) is 0.952. The van der Waals surface area contributed by atoms with Gasteiger partial charge in [-0.2, -0.15) is 5.10 Å². The van der Waals surface area contributed by atoms with Crippen LogP contribution in [0.15, 0.2) is 24.4 Å². The van der Waals surface area contributed by atoms with Gasteiger partial charge < -0.3 is 10.4 Å². The molecule has 19 heavy (non-hydrogen) atoms. The van der Waals surface area contributed by atoms with Crippen molar-refractivity contribution in [3.05, 3.63) is 29.4 Å². The van der Waals surface area contributed by atoms with Crippen molar-refractivity contribution in [2.75, 3.05) is 6.54 Å². The third kappa shape index (κ3) is 3.68. The van der Waals surface area contributed by atoms with E-state index in [0.717, 1.165) is 10.9 Å². The number of carbonyl (C=O) groups is 1. The number of rotatable bonds is 5. The number of nitrogens with one attached hydrogen (secondary N) is 1. The normalized spacial score (nSPS) is 12.6. The Hall–Kier alpha value is -1.59. The van der Waals surface area contributed by atoms with Gasteiger partial charge in [-0.05, 0) is 25.1 Å². The van der Waals surface area contributed by atoms with Crippen LogP contribution in [-0.2, 0) is 11.3 Å². The second-order valence-electron chi connectivity index (χ2n) is 4.47. The van der Waals surface area contributed by atoms with Gasteiger partial charge in [0.25, 0.3) is 0 Å². The standard InChI is InChI=1S/C13H16ClN3O2/c1-9(18)7-15-13(19)4-5-17-12-3-2-11(14)6-10(12)8-16-17/h2-3,6,8-9,18H,4-5,7H2,1H3,(H,15,19). The fourth-order valence-corrected chi connectivity index (χ4v) is 1.97. The molecule has 6 heteroatoms. The second-order valence-corrected chi connectivity index (χ2v) is 4.91. The molecule has 0 radical (unpaired) electrons. The number of fused-ring (bicyclic) bond motifs is 1. The maximum atomic E-state index is 11.5. The molecule has 2 aromatic rings. The van der Waals surface area contributed by atoms with Crippen LogP contribution < -0.4 is 5.32 Å². The van der Waals surface area contributed by atoms with E-state index >= 15 is 0 Å². The molecule has 2 N–H and O–H groups in total. The predicted octanol–water partition coefficient (Wildman–Crippen LogP) is 1.58. The van der Waals surface area contributed by atoms with Crippen molar-refractivity contribution in [3.63, 3.8) is 0 Å². The van der Waals surface area contributed by atoms with Crippen molar-refractivity contribution in [1.29, 1.82) is 0 Å². The summed E-state index contributed by atoms with van der Waals surface area (Å²) in [5.74, 6) is -0.0986. The summed E-state index contributed by atoms with van der Waals surface area (Å²) < 4.78 is 1.77. The van der Waals surface area contributed by atoms with Crippen molar-refractivity contribution >= 4 is 28.4 Å². The first-order chi connectivity index (χ1) is 9.06. The van der Waals surface area contributed by atoms with Gasteiger partial charge in [-0.1, -0.05) is 11.6 Å². The molecule has 0 fully saturated rings. The molecule has 0 aliphatic rings. The van der Waals surface area contributed by atoms with E-state index in [4.69, 9.17) is 16.7 Å². The van der Waals surface area contributed by atoms with Crippen LogP contribution in [0.25, 0.3) is 10.9 Å². The molecule has 1 heterocycles. The maximum Gasteiger partial charge on any atom is 0.221 e. The SMILES string of the molecule is CC(O)CNC(=O)CCn1ncc2cc(Cl)ccc21. The van der Waals surface area contributed by atoms with Crippen LogP contribution in [0, 0.1) is 0 Å². The van der Waals surface area contributed by atoms with Crippen LogP contribution >= 0.6 is 11.6 Å². The molecule has 0 bridgehead atoms. The van der Waals surface area contributed by atoms with E-state index in [1.807, 2.05) is 12.1 Å². The van der Waals surface area contributed by atoms with Crippen LogP contribution in [0.1, 0.15) is 13.3 Å². The Labute approximate surface area is 116 Å². The summed E-state index contributed by atoms with van der Waals surface area (Å²) in [6.07, 6.45) is 1.53. The van der Waals surface area contributed by atoms with E-state index in [-0.39, 0.29) is 12.5 Å². The molecule has 1 atom stereocenters. The van der Waals surface area contributed by atoms with Crippen molar-refractivity contribution in [3.8, 4) is 0 Å². The average molecular weight is 282 g/mol. The smallest absolute Gasteiger partial charge is 0.221 e. The highest BCUT2D eigenvalue weighted by Crippen LogP contribution is 2.18. The fourth-order valence-electron chi connectivity index (χ4n) is 1.79. The van der Waals surface area contributed by atoms with E-state index in [9.17, 15) is 4.79 Å². The molecular weight excluding hydrogens is 266 g/mol. The van der Waals surface area contributed by atoms with Gasteiger partial charge in [-0.25, -0.2) is 0 Å². The largest absolute Gasteiger partial charge is 0.392 e. The number of nitrogens with zero attached hydrogens (tertiary/aromatic N) is 2. The number of hydrogen-bond donors (Lipinski definition) is 2. The Morgan fingerprint density at radius 3 is 3.11 bits per heavy atom. The summed E-state index contributed by atoms with van der Waals surface area (Å²) in [7, 11) is 0. The van der Waals surface area contributed by atoms with Gasteiger partial charge >= 0.3 is 0 Å². The van der Waals surface area contributed by atoms with Gasteiger partial charge in [-0.15, -0.1) is 0 Å². The van der Waals surface area contributed by atoms with Gasteiger partial charge in [-0.3, -0.25) is 9.48 Å². The lowest BCUT2D eigenvalue weighted by Crippen LogP contribution is -2.31. The summed E-state index contributed by atoms with van der Waals surface area (Å²) >= 11 is 5.90. The number of aromatic nitrogens is 2. The topological polar surface area (TPSA) is 67.2 Å². The van der Waals surface area contributed by atoms with Crippen molar-refractivity contribution in [2.45, 2.75) is 26.0 Å². The van der Waals surface area contributed by atoms with E-state index in [1.165, 1.54) is 0 Å². The molecule has 0 aliphatic carbocycles. The zero-order valence-electron chi connectivity index (χ0n) is 10.6. The van der Waals surface area contributed by atoms with Crippen LogP contribution in [0.4, 0.5) is 0 Å². The molecule has 1 aromatic heterocycles. The third-order valence-corrected chi connectivity index (χ3v) is 2.98. The number of carbonyl (C=O) groups excluding carboxylic acids is 1. The minimum atomic E-state index is -0.531. The van der Waals surface area contributed by atoms with E-state index in [1.54, 1.807) is 23.9 Å². The molecule has 1 unspecified atom stereocenters. The second kappa shape index (κ2) is 6.04. The van der Waals surface area contributed by atoms with Crippen molar-refractivity contribution < 1.29 is 9.90 Å². The molecule has 0 saturated heterocycles. The molecule has 5 nitrogen and oxygen atoms in total. The Kier molecular flexibility index (Phi) is 4.39. The Morgan fingerprint density at radius 1 is 1.58 bits per heavy atom. The Balaban J connectivity index is 1.96. The molecule has 0 saturated carbocycles.